The number of allylic oxidation sites excluding steroid dienone is 2. The summed E-state index contributed by atoms with van der Waals surface area (Å²) in [6.45, 7) is 10.9. The molecule has 0 aromatic rings. The van der Waals surface area contributed by atoms with E-state index >= 15 is 0 Å². The fourth-order valence-electron chi connectivity index (χ4n) is 4.81. The Morgan fingerprint density at radius 1 is 0.935 bits per heavy atom. The van der Waals surface area contributed by atoms with Gasteiger partial charge in [-0.1, -0.05) is 82.8 Å². The van der Waals surface area contributed by atoms with Crippen molar-refractivity contribution in [2.75, 3.05) is 32.7 Å². The van der Waals surface area contributed by atoms with Crippen molar-refractivity contribution in [2.45, 2.75) is 117 Å². The third-order valence-corrected chi connectivity index (χ3v) is 6.90. The Balaban J connectivity index is 1.96. The topological polar surface area (TPSA) is 41.5 Å². The zero-order valence-electron chi connectivity index (χ0n) is 21.1. The minimum absolute atomic E-state index is 0.0719. The Bertz CT molecular complexity index is 515. The molecular formula is C27H52N3O+. The molecule has 0 saturated carbocycles. The van der Waals surface area contributed by atoms with Gasteiger partial charge in [-0.3, -0.25) is 9.28 Å². The van der Waals surface area contributed by atoms with Crippen LogP contribution >= 0.6 is 0 Å². The van der Waals surface area contributed by atoms with Gasteiger partial charge in [-0.05, 0) is 33.1 Å². The predicted molar refractivity (Wildman–Crippen MR) is 136 cm³/mol. The van der Waals surface area contributed by atoms with Gasteiger partial charge < -0.3 is 5.32 Å². The largest absolute Gasteiger partial charge is 0.351 e. The summed E-state index contributed by atoms with van der Waals surface area (Å²) < 4.78 is 0.996. The van der Waals surface area contributed by atoms with Gasteiger partial charge in [0.25, 0.3) is 0 Å². The molecule has 1 aliphatic rings. The summed E-state index contributed by atoms with van der Waals surface area (Å²) in [5, 5.41) is 2.96. The van der Waals surface area contributed by atoms with Gasteiger partial charge in [-0.2, -0.15) is 0 Å². The van der Waals surface area contributed by atoms with Gasteiger partial charge in [0.05, 0.1) is 19.6 Å². The van der Waals surface area contributed by atoms with Gasteiger partial charge >= 0.3 is 0 Å². The third-order valence-electron chi connectivity index (χ3n) is 6.90. The first-order chi connectivity index (χ1) is 15.1. The number of unbranched alkanes of at least 4 members (excludes halogenated alkanes) is 13. The number of nitrogens with one attached hydrogen (secondary N) is 1. The Labute approximate surface area is 193 Å². The summed E-state index contributed by atoms with van der Waals surface area (Å²) in [4.78, 5) is 16.0. The van der Waals surface area contributed by atoms with Gasteiger partial charge in [0, 0.05) is 13.3 Å². The van der Waals surface area contributed by atoms with Crippen molar-refractivity contribution in [1.82, 2.24) is 5.32 Å². The lowest BCUT2D eigenvalue weighted by Gasteiger charge is -2.33. The van der Waals surface area contributed by atoms with Crippen LogP contribution in [-0.4, -0.2) is 48.9 Å². The van der Waals surface area contributed by atoms with E-state index in [0.717, 1.165) is 43.6 Å². The van der Waals surface area contributed by atoms with Crippen molar-refractivity contribution < 1.29 is 9.28 Å². The number of carbonyl (C=O) groups is 1. The second-order valence-corrected chi connectivity index (χ2v) is 9.39. The van der Waals surface area contributed by atoms with E-state index in [1.807, 2.05) is 0 Å². The number of hydrogen-bond donors (Lipinski definition) is 1. The van der Waals surface area contributed by atoms with Crippen LogP contribution in [-0.2, 0) is 4.79 Å². The van der Waals surface area contributed by atoms with Crippen molar-refractivity contribution in [3.63, 3.8) is 0 Å². The highest BCUT2D eigenvalue weighted by Crippen LogP contribution is 2.20. The summed E-state index contributed by atoms with van der Waals surface area (Å²) in [5.41, 5.74) is 0. The molecule has 1 amide bonds. The van der Waals surface area contributed by atoms with Crippen LogP contribution < -0.4 is 5.32 Å². The lowest BCUT2D eigenvalue weighted by Crippen LogP contribution is -2.54. The van der Waals surface area contributed by atoms with E-state index in [1.54, 1.807) is 6.92 Å². The van der Waals surface area contributed by atoms with Crippen molar-refractivity contribution >= 4 is 11.7 Å². The van der Waals surface area contributed by atoms with Crippen molar-refractivity contribution in [3.05, 3.63) is 12.2 Å². The summed E-state index contributed by atoms with van der Waals surface area (Å²) in [5.74, 6) is 1.46. The van der Waals surface area contributed by atoms with Crippen LogP contribution in [0.1, 0.15) is 117 Å². The first-order valence-corrected chi connectivity index (χ1v) is 13.4. The number of quaternary nitrogens is 1. The quantitative estimate of drug-likeness (QED) is 0.128. The molecule has 0 fully saturated rings. The Hall–Kier alpha value is -1.16. The van der Waals surface area contributed by atoms with E-state index in [4.69, 9.17) is 4.99 Å². The lowest BCUT2D eigenvalue weighted by molar-refractivity contribution is -0.833. The number of hydrogen-bond acceptors (Lipinski definition) is 2. The third kappa shape index (κ3) is 13.1. The summed E-state index contributed by atoms with van der Waals surface area (Å²) in [7, 11) is 0. The van der Waals surface area contributed by atoms with Crippen molar-refractivity contribution in [1.29, 1.82) is 0 Å². The monoisotopic (exact) mass is 434 g/mol. The fourth-order valence-corrected chi connectivity index (χ4v) is 4.81. The van der Waals surface area contributed by atoms with E-state index in [9.17, 15) is 4.79 Å². The summed E-state index contributed by atoms with van der Waals surface area (Å²) in [6.07, 6.45) is 25.0. The minimum atomic E-state index is 0.0719. The van der Waals surface area contributed by atoms with Crippen LogP contribution in [0.4, 0.5) is 0 Å². The number of amidine groups is 1. The number of rotatable bonds is 20. The summed E-state index contributed by atoms with van der Waals surface area (Å²) >= 11 is 0. The van der Waals surface area contributed by atoms with Gasteiger partial charge in [0.2, 0.25) is 5.91 Å². The maximum absolute atomic E-state index is 11.2. The standard InChI is InChI=1S/C27H51N3O/c1-4-6-7-8-9-10-11-12-13-14-15-16-17-18-19-20-21-27-29-23-25-30(27,5-2)24-22-28-26(3)31/h4,6H,5,7-25H2,1-3H3/p+1/b6-4+. The average molecular weight is 435 g/mol. The fraction of sp³-hybridized carbons (Fsp3) is 0.852. The number of aliphatic imine (C=N–C) groups is 1. The summed E-state index contributed by atoms with van der Waals surface area (Å²) in [6, 6.07) is 0. The average Bonchev–Trinajstić information content (AvgIpc) is 3.16. The molecule has 0 bridgehead atoms. The van der Waals surface area contributed by atoms with E-state index in [1.165, 1.54) is 95.7 Å². The molecule has 1 atom stereocenters. The van der Waals surface area contributed by atoms with E-state index in [0.29, 0.717) is 0 Å². The predicted octanol–water partition coefficient (Wildman–Crippen LogP) is 6.80. The van der Waals surface area contributed by atoms with Crippen LogP contribution in [0.2, 0.25) is 0 Å². The van der Waals surface area contributed by atoms with E-state index in [2.05, 4.69) is 31.3 Å². The van der Waals surface area contributed by atoms with Crippen LogP contribution in [0, 0.1) is 0 Å². The lowest BCUT2D eigenvalue weighted by atomic mass is 10.0. The highest BCUT2D eigenvalue weighted by molar-refractivity contribution is 5.77. The molecule has 1 heterocycles. The first kappa shape index (κ1) is 27.9. The van der Waals surface area contributed by atoms with Gasteiger partial charge in [-0.15, -0.1) is 0 Å². The Morgan fingerprint density at radius 2 is 1.48 bits per heavy atom. The van der Waals surface area contributed by atoms with Crippen LogP contribution in [0.5, 0.6) is 0 Å². The molecule has 4 nitrogen and oxygen atoms in total. The molecule has 0 aromatic heterocycles. The van der Waals surface area contributed by atoms with Gasteiger partial charge in [0.1, 0.15) is 13.1 Å². The molecule has 1 unspecified atom stereocenters. The second kappa shape index (κ2) is 18.4. The highest BCUT2D eigenvalue weighted by atomic mass is 16.1. The molecule has 1 rings (SSSR count). The maximum atomic E-state index is 11.2. The van der Waals surface area contributed by atoms with Crippen molar-refractivity contribution in [2.24, 2.45) is 4.99 Å². The van der Waals surface area contributed by atoms with E-state index < -0.39 is 0 Å². The zero-order valence-corrected chi connectivity index (χ0v) is 21.1. The van der Waals surface area contributed by atoms with Crippen LogP contribution in [0.3, 0.4) is 0 Å². The minimum Gasteiger partial charge on any atom is -0.351 e. The number of nitrogens with zero attached hydrogens (tertiary/aromatic N) is 2. The molecule has 180 valence electrons. The van der Waals surface area contributed by atoms with Crippen LogP contribution in [0.15, 0.2) is 17.1 Å². The Morgan fingerprint density at radius 3 is 2.00 bits per heavy atom. The molecular weight excluding hydrogens is 382 g/mol. The van der Waals surface area contributed by atoms with E-state index in [-0.39, 0.29) is 5.91 Å². The zero-order chi connectivity index (χ0) is 22.6. The molecule has 0 radical (unpaired) electrons. The molecule has 0 spiro atoms. The maximum Gasteiger partial charge on any atom is 0.217 e. The normalized spacial score (nSPS) is 18.6. The van der Waals surface area contributed by atoms with Crippen molar-refractivity contribution in [3.8, 4) is 0 Å². The number of likely N-dealkylation sites (N-methyl/N-ethyl adjacent to an activating group) is 1. The molecule has 0 aromatic carbocycles. The number of amides is 1. The smallest absolute Gasteiger partial charge is 0.217 e. The molecule has 1 aliphatic heterocycles. The van der Waals surface area contributed by atoms with Gasteiger partial charge in [0.15, 0.2) is 5.84 Å². The Kier molecular flexibility index (Phi) is 16.6. The van der Waals surface area contributed by atoms with Crippen LogP contribution in [0.25, 0.3) is 0 Å². The number of carbonyl (C=O) groups excluding carboxylic acids is 1. The molecule has 0 saturated heterocycles. The molecule has 0 aliphatic carbocycles. The highest BCUT2D eigenvalue weighted by Gasteiger charge is 2.35. The first-order valence-electron chi connectivity index (χ1n) is 13.4. The second-order valence-electron chi connectivity index (χ2n) is 9.39. The molecule has 31 heavy (non-hydrogen) atoms. The molecule has 1 N–H and O–H groups in total. The van der Waals surface area contributed by atoms with Gasteiger partial charge in [-0.25, -0.2) is 4.99 Å². The SMILES string of the molecule is C/C=C/CCCCCCCCCCCCCCCC1=NCC[N+]1(CC)CCNC(C)=O. The molecule has 4 heteroatoms.